The second-order valence-corrected chi connectivity index (χ2v) is 8.00. The molecule has 0 unspecified atom stereocenters. The van der Waals surface area contributed by atoms with Gasteiger partial charge >= 0.3 is 0 Å². The Morgan fingerprint density at radius 3 is 2.00 bits per heavy atom. The summed E-state index contributed by atoms with van der Waals surface area (Å²) in [6.45, 7) is 6.63. The van der Waals surface area contributed by atoms with Gasteiger partial charge in [-0.1, -0.05) is 62.5 Å². The number of benzene rings is 1. The van der Waals surface area contributed by atoms with Crippen LogP contribution in [0.25, 0.3) is 0 Å². The SMILES string of the molecule is CCN(CC)c1ccccc1CCCCCC/C=C\CCCCCCCC(N)=O. The van der Waals surface area contributed by atoms with Gasteiger partial charge in [0.1, 0.15) is 0 Å². The number of unbranched alkanes of at least 4 members (excludes halogenated alkanes) is 9. The molecule has 0 aliphatic heterocycles. The normalized spacial score (nSPS) is 11.2. The van der Waals surface area contributed by atoms with E-state index >= 15 is 0 Å². The van der Waals surface area contributed by atoms with Crippen molar-refractivity contribution in [1.82, 2.24) is 0 Å². The molecule has 1 rings (SSSR count). The molecule has 0 bridgehead atoms. The van der Waals surface area contributed by atoms with Gasteiger partial charge in [-0.05, 0) is 70.4 Å². The standard InChI is InChI=1S/C26H44N2O/c1-3-28(4-2)25-22-19-18-21-24(25)20-16-14-12-10-8-6-5-7-9-11-13-15-17-23-26(27)29/h5-6,18-19,21-22H,3-4,7-17,20,23H2,1-2H3,(H2,27,29)/b6-5-. The lowest BCUT2D eigenvalue weighted by Crippen LogP contribution is -2.23. The Balaban J connectivity index is 2.01. The molecule has 1 amide bonds. The second-order valence-electron chi connectivity index (χ2n) is 8.00. The fraction of sp³-hybridized carbons (Fsp3) is 0.654. The molecule has 3 heteroatoms. The van der Waals surface area contributed by atoms with Crippen LogP contribution in [-0.2, 0) is 11.2 Å². The van der Waals surface area contributed by atoms with Crippen LogP contribution in [0, 0.1) is 0 Å². The number of primary amides is 1. The van der Waals surface area contributed by atoms with Crippen LogP contribution in [-0.4, -0.2) is 19.0 Å². The van der Waals surface area contributed by atoms with Crippen molar-refractivity contribution in [2.24, 2.45) is 5.73 Å². The van der Waals surface area contributed by atoms with Gasteiger partial charge in [-0.25, -0.2) is 0 Å². The zero-order chi connectivity index (χ0) is 21.2. The summed E-state index contributed by atoms with van der Waals surface area (Å²) < 4.78 is 0. The first-order chi connectivity index (χ1) is 14.2. The highest BCUT2D eigenvalue weighted by Crippen LogP contribution is 2.22. The second kappa shape index (κ2) is 17.1. The van der Waals surface area contributed by atoms with Crippen molar-refractivity contribution in [2.45, 2.75) is 97.3 Å². The Kier molecular flexibility index (Phi) is 14.9. The minimum atomic E-state index is -0.169. The molecule has 0 atom stereocenters. The molecule has 3 nitrogen and oxygen atoms in total. The summed E-state index contributed by atoms with van der Waals surface area (Å²) in [5, 5.41) is 0. The van der Waals surface area contributed by atoms with E-state index in [0.717, 1.165) is 25.9 Å². The molecule has 0 radical (unpaired) electrons. The fourth-order valence-corrected chi connectivity index (χ4v) is 3.85. The van der Waals surface area contributed by atoms with Gasteiger partial charge in [0.2, 0.25) is 5.91 Å². The van der Waals surface area contributed by atoms with Crippen molar-refractivity contribution < 1.29 is 4.79 Å². The molecule has 2 N–H and O–H groups in total. The van der Waals surface area contributed by atoms with E-state index in [2.05, 4.69) is 55.2 Å². The number of nitrogens with two attached hydrogens (primary N) is 1. The third kappa shape index (κ3) is 12.4. The number of amides is 1. The van der Waals surface area contributed by atoms with Gasteiger partial charge < -0.3 is 10.6 Å². The van der Waals surface area contributed by atoms with E-state index in [9.17, 15) is 4.79 Å². The molecule has 1 aromatic rings. The van der Waals surface area contributed by atoms with Gasteiger partial charge in [0.15, 0.2) is 0 Å². The van der Waals surface area contributed by atoms with Crippen LogP contribution in [0.15, 0.2) is 36.4 Å². The maximum Gasteiger partial charge on any atom is 0.217 e. The summed E-state index contributed by atoms with van der Waals surface area (Å²) in [6, 6.07) is 8.91. The summed E-state index contributed by atoms with van der Waals surface area (Å²) in [5.74, 6) is -0.169. The van der Waals surface area contributed by atoms with Crippen LogP contribution in [0.2, 0.25) is 0 Å². The number of hydrogen-bond acceptors (Lipinski definition) is 2. The molecule has 1 aromatic carbocycles. The summed E-state index contributed by atoms with van der Waals surface area (Å²) in [6.07, 6.45) is 19.9. The van der Waals surface area contributed by atoms with Crippen molar-refractivity contribution in [3.8, 4) is 0 Å². The van der Waals surface area contributed by atoms with E-state index in [1.54, 1.807) is 0 Å². The number of hydrogen-bond donors (Lipinski definition) is 1. The van der Waals surface area contributed by atoms with Gasteiger partial charge in [-0.2, -0.15) is 0 Å². The van der Waals surface area contributed by atoms with E-state index in [1.807, 2.05) is 0 Å². The molecule has 0 saturated heterocycles. The van der Waals surface area contributed by atoms with Gasteiger partial charge in [-0.15, -0.1) is 0 Å². The number of rotatable bonds is 18. The topological polar surface area (TPSA) is 46.3 Å². The summed E-state index contributed by atoms with van der Waals surface area (Å²) in [7, 11) is 0. The minimum Gasteiger partial charge on any atom is -0.372 e. The molecular weight excluding hydrogens is 356 g/mol. The van der Waals surface area contributed by atoms with Gasteiger partial charge in [0.05, 0.1) is 0 Å². The lowest BCUT2D eigenvalue weighted by molar-refractivity contribution is -0.118. The van der Waals surface area contributed by atoms with Crippen LogP contribution in [0.3, 0.4) is 0 Å². The highest BCUT2D eigenvalue weighted by molar-refractivity contribution is 5.73. The average Bonchev–Trinajstić information content (AvgIpc) is 2.72. The Morgan fingerprint density at radius 1 is 0.828 bits per heavy atom. The van der Waals surface area contributed by atoms with Gasteiger partial charge in [0, 0.05) is 25.2 Å². The van der Waals surface area contributed by atoms with Crippen molar-refractivity contribution in [3.63, 3.8) is 0 Å². The molecule has 0 heterocycles. The molecule has 0 saturated carbocycles. The Labute approximate surface area is 179 Å². The maximum absolute atomic E-state index is 10.7. The minimum absolute atomic E-state index is 0.169. The third-order valence-corrected chi connectivity index (χ3v) is 5.62. The van der Waals surface area contributed by atoms with E-state index in [0.29, 0.717) is 6.42 Å². The number of allylic oxidation sites excluding steroid dienone is 2. The Morgan fingerprint density at radius 2 is 1.38 bits per heavy atom. The van der Waals surface area contributed by atoms with Crippen molar-refractivity contribution >= 4 is 11.6 Å². The smallest absolute Gasteiger partial charge is 0.217 e. The van der Waals surface area contributed by atoms with Crippen LogP contribution in [0.1, 0.15) is 96.5 Å². The van der Waals surface area contributed by atoms with E-state index in [4.69, 9.17) is 5.73 Å². The van der Waals surface area contributed by atoms with Crippen LogP contribution >= 0.6 is 0 Å². The van der Waals surface area contributed by atoms with Gasteiger partial charge in [0.25, 0.3) is 0 Å². The lowest BCUT2D eigenvalue weighted by atomic mass is 10.0. The highest BCUT2D eigenvalue weighted by atomic mass is 16.1. The first-order valence-corrected chi connectivity index (χ1v) is 11.9. The van der Waals surface area contributed by atoms with E-state index in [1.165, 1.54) is 75.5 Å². The number of anilines is 1. The molecule has 0 aliphatic carbocycles. The number of para-hydroxylation sites is 1. The third-order valence-electron chi connectivity index (χ3n) is 5.62. The Bertz CT molecular complexity index is 564. The zero-order valence-electron chi connectivity index (χ0n) is 19.0. The highest BCUT2D eigenvalue weighted by Gasteiger charge is 2.07. The molecule has 0 aliphatic rings. The van der Waals surface area contributed by atoms with Crippen LogP contribution in [0.5, 0.6) is 0 Å². The average molecular weight is 401 g/mol. The number of carbonyl (C=O) groups is 1. The quantitative estimate of drug-likeness (QED) is 0.218. The van der Waals surface area contributed by atoms with E-state index in [-0.39, 0.29) is 5.91 Å². The van der Waals surface area contributed by atoms with Crippen molar-refractivity contribution in [3.05, 3.63) is 42.0 Å². The number of carbonyl (C=O) groups excluding carboxylic acids is 1. The summed E-state index contributed by atoms with van der Waals surface area (Å²) in [5.41, 5.74) is 8.07. The van der Waals surface area contributed by atoms with Crippen LogP contribution < -0.4 is 10.6 Å². The van der Waals surface area contributed by atoms with Crippen LogP contribution in [0.4, 0.5) is 5.69 Å². The molecule has 0 fully saturated rings. The predicted molar refractivity (Wildman–Crippen MR) is 127 cm³/mol. The fourth-order valence-electron chi connectivity index (χ4n) is 3.85. The molecular formula is C26H44N2O. The first kappa shape index (κ1) is 25.3. The van der Waals surface area contributed by atoms with Crippen molar-refractivity contribution in [2.75, 3.05) is 18.0 Å². The summed E-state index contributed by atoms with van der Waals surface area (Å²) in [4.78, 5) is 13.1. The number of nitrogens with zero attached hydrogens (tertiary/aromatic N) is 1. The van der Waals surface area contributed by atoms with Crippen molar-refractivity contribution in [1.29, 1.82) is 0 Å². The molecule has 164 valence electrons. The zero-order valence-corrected chi connectivity index (χ0v) is 19.0. The first-order valence-electron chi connectivity index (χ1n) is 11.9. The number of aryl methyl sites for hydroxylation is 1. The van der Waals surface area contributed by atoms with E-state index < -0.39 is 0 Å². The predicted octanol–water partition coefficient (Wildman–Crippen LogP) is 6.80. The largest absolute Gasteiger partial charge is 0.372 e. The molecule has 0 spiro atoms. The Hall–Kier alpha value is -1.77. The monoisotopic (exact) mass is 400 g/mol. The van der Waals surface area contributed by atoms with Gasteiger partial charge in [-0.3, -0.25) is 4.79 Å². The molecule has 29 heavy (non-hydrogen) atoms. The maximum atomic E-state index is 10.7. The summed E-state index contributed by atoms with van der Waals surface area (Å²) >= 11 is 0. The lowest BCUT2D eigenvalue weighted by Gasteiger charge is -2.24. The molecule has 0 aromatic heterocycles.